The van der Waals surface area contributed by atoms with Gasteiger partial charge in [-0.25, -0.2) is 13.1 Å². The van der Waals surface area contributed by atoms with Crippen LogP contribution >= 0.6 is 23.2 Å². The van der Waals surface area contributed by atoms with E-state index in [0.717, 1.165) is 42.7 Å². The lowest BCUT2D eigenvalue weighted by atomic mass is 9.96. The molecular weight excluding hydrogens is 426 g/mol. The number of benzene rings is 2. The Morgan fingerprint density at radius 1 is 1.04 bits per heavy atom. The standard InChI is InChI=1S/C17H14Cl2F3NO3S/c18-14-6-1-11(9-15(14)19)16(7-8-16)10-23-27(24,25)13-4-2-12(3-5-13)26-17(20,21)22/h1-6,9,23H,7-8,10H2. The molecule has 0 aromatic heterocycles. The minimum atomic E-state index is -4.84. The predicted molar refractivity (Wildman–Crippen MR) is 95.7 cm³/mol. The van der Waals surface area contributed by atoms with Crippen LogP contribution in [0.5, 0.6) is 5.75 Å². The van der Waals surface area contributed by atoms with E-state index in [2.05, 4.69) is 9.46 Å². The summed E-state index contributed by atoms with van der Waals surface area (Å²) in [4.78, 5) is -0.151. The number of sulfonamides is 1. The van der Waals surface area contributed by atoms with Crippen molar-refractivity contribution in [1.29, 1.82) is 0 Å². The van der Waals surface area contributed by atoms with Gasteiger partial charge in [-0.15, -0.1) is 13.2 Å². The fourth-order valence-electron chi connectivity index (χ4n) is 2.68. The lowest BCUT2D eigenvalue weighted by Crippen LogP contribution is -2.32. The van der Waals surface area contributed by atoms with Gasteiger partial charge in [0.25, 0.3) is 0 Å². The molecule has 2 aromatic carbocycles. The van der Waals surface area contributed by atoms with E-state index in [4.69, 9.17) is 23.2 Å². The summed E-state index contributed by atoms with van der Waals surface area (Å²) in [6.45, 7) is 0.147. The molecule has 0 heterocycles. The Morgan fingerprint density at radius 2 is 1.67 bits per heavy atom. The minimum Gasteiger partial charge on any atom is -0.406 e. The molecule has 2 aromatic rings. The third-order valence-electron chi connectivity index (χ3n) is 4.35. The van der Waals surface area contributed by atoms with Gasteiger partial charge in [-0.2, -0.15) is 0 Å². The molecule has 1 aliphatic carbocycles. The van der Waals surface area contributed by atoms with Crippen molar-refractivity contribution in [3.63, 3.8) is 0 Å². The highest BCUT2D eigenvalue weighted by molar-refractivity contribution is 7.89. The van der Waals surface area contributed by atoms with E-state index < -0.39 is 22.1 Å². The first-order valence-electron chi connectivity index (χ1n) is 7.82. The molecule has 0 saturated heterocycles. The van der Waals surface area contributed by atoms with Crippen molar-refractivity contribution >= 4 is 33.2 Å². The number of ether oxygens (including phenoxy) is 1. The summed E-state index contributed by atoms with van der Waals surface area (Å²) in [6, 6.07) is 9.20. The van der Waals surface area contributed by atoms with E-state index in [9.17, 15) is 21.6 Å². The second-order valence-corrected chi connectivity index (χ2v) is 8.83. The van der Waals surface area contributed by atoms with E-state index in [1.54, 1.807) is 18.2 Å². The molecule has 1 saturated carbocycles. The van der Waals surface area contributed by atoms with Gasteiger partial charge >= 0.3 is 6.36 Å². The van der Waals surface area contributed by atoms with Crippen LogP contribution in [-0.4, -0.2) is 21.3 Å². The second kappa shape index (κ2) is 7.16. The Bertz CT molecular complexity index is 943. The SMILES string of the molecule is O=S(=O)(NCC1(c2ccc(Cl)c(Cl)c2)CC1)c1ccc(OC(F)(F)F)cc1. The van der Waals surface area contributed by atoms with Crippen LogP contribution in [0, 0.1) is 0 Å². The fraction of sp³-hybridized carbons (Fsp3) is 0.294. The summed E-state index contributed by atoms with van der Waals surface area (Å²) in [6.07, 6.45) is -3.27. The number of alkyl halides is 3. The quantitative estimate of drug-likeness (QED) is 0.695. The zero-order chi connectivity index (χ0) is 19.9. The van der Waals surface area contributed by atoms with Gasteiger partial charge in [0.2, 0.25) is 10.0 Å². The molecule has 146 valence electrons. The van der Waals surface area contributed by atoms with Gasteiger partial charge in [0, 0.05) is 12.0 Å². The Balaban J connectivity index is 1.70. The average molecular weight is 440 g/mol. The highest BCUT2D eigenvalue weighted by Crippen LogP contribution is 2.48. The van der Waals surface area contributed by atoms with E-state index in [-0.39, 0.29) is 16.9 Å². The molecule has 0 radical (unpaired) electrons. The minimum absolute atomic E-state index is 0.147. The molecule has 1 fully saturated rings. The number of nitrogens with one attached hydrogen (secondary N) is 1. The summed E-state index contributed by atoms with van der Waals surface area (Å²) in [5, 5.41) is 0.807. The second-order valence-electron chi connectivity index (χ2n) is 6.25. The van der Waals surface area contributed by atoms with E-state index in [1.165, 1.54) is 0 Å². The number of hydrogen-bond acceptors (Lipinski definition) is 3. The Morgan fingerprint density at radius 3 is 2.19 bits per heavy atom. The molecule has 0 spiro atoms. The number of halogens is 5. The first kappa shape index (κ1) is 20.3. The van der Waals surface area contributed by atoms with Crippen LogP contribution in [0.25, 0.3) is 0 Å². The van der Waals surface area contributed by atoms with Crippen LogP contribution in [0.3, 0.4) is 0 Å². The van der Waals surface area contributed by atoms with Gasteiger partial charge in [0.1, 0.15) is 5.75 Å². The maximum absolute atomic E-state index is 12.4. The van der Waals surface area contributed by atoms with E-state index >= 15 is 0 Å². The molecule has 0 bridgehead atoms. The van der Waals surface area contributed by atoms with Crippen molar-refractivity contribution in [3.8, 4) is 5.75 Å². The third-order valence-corrected chi connectivity index (χ3v) is 6.51. The molecule has 10 heteroatoms. The molecule has 1 N–H and O–H groups in total. The molecule has 0 amide bonds. The zero-order valence-electron chi connectivity index (χ0n) is 13.7. The van der Waals surface area contributed by atoms with Crippen LogP contribution < -0.4 is 9.46 Å². The zero-order valence-corrected chi connectivity index (χ0v) is 16.0. The van der Waals surface area contributed by atoms with Crippen LogP contribution in [0.2, 0.25) is 10.0 Å². The third kappa shape index (κ3) is 4.87. The molecule has 0 unspecified atom stereocenters. The van der Waals surface area contributed by atoms with Crippen LogP contribution in [-0.2, 0) is 15.4 Å². The molecule has 1 aliphatic rings. The molecule has 0 atom stereocenters. The maximum Gasteiger partial charge on any atom is 0.573 e. The highest BCUT2D eigenvalue weighted by atomic mass is 35.5. The summed E-state index contributed by atoms with van der Waals surface area (Å²) >= 11 is 11.9. The average Bonchev–Trinajstić information content (AvgIpc) is 3.36. The normalized spacial score (nSPS) is 16.2. The summed E-state index contributed by atoms with van der Waals surface area (Å²) in [7, 11) is -3.89. The predicted octanol–water partition coefficient (Wildman–Crippen LogP) is 4.90. The van der Waals surface area contributed by atoms with Crippen molar-refractivity contribution in [3.05, 3.63) is 58.1 Å². The van der Waals surface area contributed by atoms with Crippen LogP contribution in [0.4, 0.5) is 13.2 Å². The van der Waals surface area contributed by atoms with Crippen LogP contribution in [0.15, 0.2) is 47.4 Å². The summed E-state index contributed by atoms with van der Waals surface area (Å²) in [5.74, 6) is -0.490. The lowest BCUT2D eigenvalue weighted by Gasteiger charge is -2.17. The van der Waals surface area contributed by atoms with Gasteiger partial charge in [-0.05, 0) is 54.8 Å². The largest absolute Gasteiger partial charge is 0.573 e. The smallest absolute Gasteiger partial charge is 0.406 e. The van der Waals surface area contributed by atoms with Gasteiger partial charge in [-0.3, -0.25) is 0 Å². The Kier molecular flexibility index (Phi) is 5.37. The molecule has 27 heavy (non-hydrogen) atoms. The maximum atomic E-state index is 12.4. The van der Waals surface area contributed by atoms with E-state index in [1.807, 2.05) is 0 Å². The Hall–Kier alpha value is -1.48. The number of hydrogen-bond donors (Lipinski definition) is 1. The van der Waals surface area contributed by atoms with Crippen molar-refractivity contribution < 1.29 is 26.3 Å². The van der Waals surface area contributed by atoms with Crippen molar-refractivity contribution in [2.24, 2.45) is 0 Å². The highest BCUT2D eigenvalue weighted by Gasteiger charge is 2.45. The van der Waals surface area contributed by atoms with Crippen molar-refractivity contribution in [1.82, 2.24) is 4.72 Å². The van der Waals surface area contributed by atoms with Gasteiger partial charge in [0.05, 0.1) is 14.9 Å². The molecule has 4 nitrogen and oxygen atoms in total. The first-order chi connectivity index (χ1) is 12.5. The summed E-state index contributed by atoms with van der Waals surface area (Å²) < 4.78 is 67.6. The topological polar surface area (TPSA) is 55.4 Å². The van der Waals surface area contributed by atoms with Gasteiger partial charge < -0.3 is 4.74 Å². The van der Waals surface area contributed by atoms with Crippen LogP contribution in [0.1, 0.15) is 18.4 Å². The molecule has 0 aliphatic heterocycles. The monoisotopic (exact) mass is 439 g/mol. The Labute approximate surface area is 164 Å². The van der Waals surface area contributed by atoms with Crippen molar-refractivity contribution in [2.75, 3.05) is 6.54 Å². The van der Waals surface area contributed by atoms with Crippen molar-refractivity contribution in [2.45, 2.75) is 29.5 Å². The fourth-order valence-corrected chi connectivity index (χ4v) is 4.11. The van der Waals surface area contributed by atoms with E-state index in [0.29, 0.717) is 10.0 Å². The first-order valence-corrected chi connectivity index (χ1v) is 10.1. The van der Waals surface area contributed by atoms with Gasteiger partial charge in [-0.1, -0.05) is 29.3 Å². The lowest BCUT2D eigenvalue weighted by molar-refractivity contribution is -0.274. The number of rotatable bonds is 6. The molecular formula is C17H14Cl2F3NO3S. The molecule has 3 rings (SSSR count). The van der Waals surface area contributed by atoms with Gasteiger partial charge in [0.15, 0.2) is 0 Å². The summed E-state index contributed by atoms with van der Waals surface area (Å²) in [5.41, 5.74) is 0.522.